The summed E-state index contributed by atoms with van der Waals surface area (Å²) < 4.78 is 21.2. The Morgan fingerprint density at radius 2 is 1.00 bits per heavy atom. The highest BCUT2D eigenvalue weighted by molar-refractivity contribution is 5.52. The van der Waals surface area contributed by atoms with Gasteiger partial charge in [-0.25, -0.2) is 0 Å². The molecule has 2 aromatic rings. The summed E-state index contributed by atoms with van der Waals surface area (Å²) in [6.45, 7) is -0.594. The molecule has 0 amide bonds. The van der Waals surface area contributed by atoms with Gasteiger partial charge in [0.25, 0.3) is 0 Å². The molecule has 25 heavy (non-hydrogen) atoms. The van der Waals surface area contributed by atoms with E-state index in [-0.39, 0.29) is 13.2 Å². The van der Waals surface area contributed by atoms with E-state index in [0.29, 0.717) is 34.1 Å². The summed E-state index contributed by atoms with van der Waals surface area (Å²) in [5.41, 5.74) is 0.365. The Morgan fingerprint density at radius 1 is 0.640 bits per heavy atom. The Balaban J connectivity index is 2.63. The first-order valence-corrected chi connectivity index (χ1v) is 7.77. The number of benzene rings is 2. The van der Waals surface area contributed by atoms with Crippen molar-refractivity contribution >= 4 is 0 Å². The van der Waals surface area contributed by atoms with Gasteiger partial charge in [-0.3, -0.25) is 0 Å². The van der Waals surface area contributed by atoms with E-state index in [4.69, 9.17) is 18.9 Å². The molecule has 0 bridgehead atoms. The molecule has 0 spiro atoms. The van der Waals surface area contributed by atoms with Crippen molar-refractivity contribution < 1.29 is 29.2 Å². The molecule has 0 aliphatic rings. The van der Waals surface area contributed by atoms with Gasteiger partial charge in [0.15, 0.2) is 23.0 Å². The molecule has 0 unspecified atom stereocenters. The Kier molecular flexibility index (Phi) is 6.12. The van der Waals surface area contributed by atoms with E-state index in [0.717, 1.165) is 0 Å². The van der Waals surface area contributed by atoms with Gasteiger partial charge >= 0.3 is 0 Å². The molecule has 0 aliphatic carbocycles. The van der Waals surface area contributed by atoms with Crippen molar-refractivity contribution in [3.8, 4) is 23.0 Å². The fourth-order valence-corrected chi connectivity index (χ4v) is 2.85. The summed E-state index contributed by atoms with van der Waals surface area (Å²) in [6.07, 6.45) is 0. The van der Waals surface area contributed by atoms with Crippen LogP contribution >= 0.6 is 0 Å². The molecule has 2 N–H and O–H groups in total. The normalized spacial score (nSPS) is 11.1. The third-order valence-corrected chi connectivity index (χ3v) is 4.41. The topological polar surface area (TPSA) is 77.4 Å². The van der Waals surface area contributed by atoms with Crippen LogP contribution in [0.4, 0.5) is 0 Å². The molecule has 0 aromatic heterocycles. The summed E-state index contributed by atoms with van der Waals surface area (Å²) in [6, 6.07) is 10.6. The molecule has 0 fully saturated rings. The number of rotatable bonds is 8. The Bertz CT molecular complexity index is 652. The average molecular weight is 348 g/mol. The highest BCUT2D eigenvalue weighted by Crippen LogP contribution is 2.40. The van der Waals surface area contributed by atoms with Gasteiger partial charge in [-0.05, 0) is 35.4 Å². The average Bonchev–Trinajstić information content (AvgIpc) is 2.68. The number of methoxy groups -OCH3 is 4. The molecule has 0 atom stereocenters. The monoisotopic (exact) mass is 348 g/mol. The maximum Gasteiger partial charge on any atom is 0.161 e. The van der Waals surface area contributed by atoms with Crippen LogP contribution in [0.5, 0.6) is 23.0 Å². The largest absolute Gasteiger partial charge is 0.493 e. The van der Waals surface area contributed by atoms with Gasteiger partial charge < -0.3 is 29.2 Å². The zero-order chi connectivity index (χ0) is 18.4. The third kappa shape index (κ3) is 3.36. The SMILES string of the molecule is COc1ccc(C(CO)(CO)c2ccc(OC)c(OC)c2)cc1OC. The van der Waals surface area contributed by atoms with Crippen LogP contribution < -0.4 is 18.9 Å². The first-order valence-electron chi connectivity index (χ1n) is 7.77. The highest BCUT2D eigenvalue weighted by Gasteiger charge is 2.35. The Hall–Kier alpha value is -2.44. The van der Waals surface area contributed by atoms with E-state index in [9.17, 15) is 10.2 Å². The number of ether oxygens (including phenoxy) is 4. The van der Waals surface area contributed by atoms with E-state index in [1.165, 1.54) is 14.2 Å². The molecule has 0 radical (unpaired) electrons. The molecule has 0 heterocycles. The summed E-state index contributed by atoms with van der Waals surface area (Å²) in [5.74, 6) is 2.19. The highest BCUT2D eigenvalue weighted by atomic mass is 16.5. The van der Waals surface area contributed by atoms with Gasteiger partial charge in [-0.15, -0.1) is 0 Å². The van der Waals surface area contributed by atoms with Crippen LogP contribution in [-0.2, 0) is 5.41 Å². The zero-order valence-electron chi connectivity index (χ0n) is 14.9. The lowest BCUT2D eigenvalue weighted by Gasteiger charge is -2.32. The predicted octanol–water partition coefficient (Wildman–Crippen LogP) is 1.99. The maximum atomic E-state index is 10.2. The Labute approximate surface area is 147 Å². The van der Waals surface area contributed by atoms with Gasteiger partial charge in [0, 0.05) is 0 Å². The molecule has 6 nitrogen and oxygen atoms in total. The van der Waals surface area contributed by atoms with E-state index in [2.05, 4.69) is 0 Å². The van der Waals surface area contributed by atoms with Crippen molar-refractivity contribution in [1.29, 1.82) is 0 Å². The minimum Gasteiger partial charge on any atom is -0.493 e. The number of aliphatic hydroxyl groups excluding tert-OH is 2. The fourth-order valence-electron chi connectivity index (χ4n) is 2.85. The molecule has 6 heteroatoms. The van der Waals surface area contributed by atoms with E-state index < -0.39 is 5.41 Å². The number of hydrogen-bond acceptors (Lipinski definition) is 6. The molecule has 0 saturated carbocycles. The predicted molar refractivity (Wildman–Crippen MR) is 94.0 cm³/mol. The number of aliphatic hydroxyl groups is 2. The van der Waals surface area contributed by atoms with Crippen LogP contribution in [0.3, 0.4) is 0 Å². The van der Waals surface area contributed by atoms with Crippen LogP contribution in [0.2, 0.25) is 0 Å². The molecule has 0 saturated heterocycles. The summed E-state index contributed by atoms with van der Waals surface area (Å²) in [5, 5.41) is 20.3. The zero-order valence-corrected chi connectivity index (χ0v) is 14.9. The van der Waals surface area contributed by atoms with Gasteiger partial charge in [-0.1, -0.05) is 12.1 Å². The Morgan fingerprint density at radius 3 is 1.28 bits per heavy atom. The second-order valence-electron chi connectivity index (χ2n) is 5.54. The van der Waals surface area contributed by atoms with Crippen molar-refractivity contribution in [3.05, 3.63) is 47.5 Å². The fraction of sp³-hybridized carbons (Fsp3) is 0.368. The summed E-state index contributed by atoms with van der Waals surface area (Å²) in [7, 11) is 6.18. The summed E-state index contributed by atoms with van der Waals surface area (Å²) in [4.78, 5) is 0. The lowest BCUT2D eigenvalue weighted by molar-refractivity contribution is 0.142. The lowest BCUT2D eigenvalue weighted by atomic mass is 9.75. The summed E-state index contributed by atoms with van der Waals surface area (Å²) >= 11 is 0. The van der Waals surface area contributed by atoms with E-state index >= 15 is 0 Å². The lowest BCUT2D eigenvalue weighted by Crippen LogP contribution is -2.36. The second kappa shape index (κ2) is 8.09. The first-order chi connectivity index (χ1) is 12.1. The second-order valence-corrected chi connectivity index (χ2v) is 5.54. The first kappa shape index (κ1) is 18.9. The van der Waals surface area contributed by atoms with Crippen molar-refractivity contribution in [1.82, 2.24) is 0 Å². The quantitative estimate of drug-likeness (QED) is 0.760. The minimum absolute atomic E-state index is 0.297. The molecule has 2 rings (SSSR count). The third-order valence-electron chi connectivity index (χ3n) is 4.41. The van der Waals surface area contributed by atoms with Crippen molar-refractivity contribution in [2.24, 2.45) is 0 Å². The smallest absolute Gasteiger partial charge is 0.161 e. The van der Waals surface area contributed by atoms with Crippen molar-refractivity contribution in [2.75, 3.05) is 41.7 Å². The minimum atomic E-state index is -1.03. The standard InChI is InChI=1S/C19H24O6/c1-22-15-7-5-13(9-17(15)24-3)19(11-20,12-21)14-6-8-16(23-2)18(10-14)25-4/h5-10,20-21H,11-12H2,1-4H3. The van der Waals surface area contributed by atoms with Crippen LogP contribution in [0.1, 0.15) is 11.1 Å². The molecular formula is C19H24O6. The van der Waals surface area contributed by atoms with Gasteiger partial charge in [-0.2, -0.15) is 0 Å². The molecule has 2 aromatic carbocycles. The van der Waals surface area contributed by atoms with Crippen molar-refractivity contribution in [3.63, 3.8) is 0 Å². The van der Waals surface area contributed by atoms with E-state index in [1.54, 1.807) is 50.6 Å². The van der Waals surface area contributed by atoms with Gasteiger partial charge in [0.1, 0.15) is 0 Å². The van der Waals surface area contributed by atoms with Crippen molar-refractivity contribution in [2.45, 2.75) is 5.41 Å². The van der Waals surface area contributed by atoms with Crippen LogP contribution in [0, 0.1) is 0 Å². The molecule has 0 aliphatic heterocycles. The maximum absolute atomic E-state index is 10.2. The van der Waals surface area contributed by atoms with Gasteiger partial charge in [0.2, 0.25) is 0 Å². The van der Waals surface area contributed by atoms with Crippen LogP contribution in [-0.4, -0.2) is 51.9 Å². The van der Waals surface area contributed by atoms with E-state index in [1.807, 2.05) is 0 Å². The molecule has 136 valence electrons. The van der Waals surface area contributed by atoms with Crippen LogP contribution in [0.15, 0.2) is 36.4 Å². The number of hydrogen-bond donors (Lipinski definition) is 2. The van der Waals surface area contributed by atoms with Gasteiger partial charge in [0.05, 0.1) is 47.1 Å². The molecular weight excluding hydrogens is 324 g/mol. The van der Waals surface area contributed by atoms with Crippen LogP contribution in [0.25, 0.3) is 0 Å².